The van der Waals surface area contributed by atoms with Gasteiger partial charge in [-0.05, 0) is 36.0 Å². The number of ether oxygens (including phenoxy) is 2. The summed E-state index contributed by atoms with van der Waals surface area (Å²) >= 11 is 5.12. The maximum Gasteiger partial charge on any atom is 0.315 e. The smallest absolute Gasteiger partial charge is 0.315 e. The lowest BCUT2D eigenvalue weighted by atomic mass is 10.2. The maximum atomic E-state index is 11.0. The summed E-state index contributed by atoms with van der Waals surface area (Å²) in [5, 5.41) is 27.9. The molecule has 0 aliphatic heterocycles. The Kier molecular flexibility index (Phi) is 6.89. The van der Waals surface area contributed by atoms with Crippen LogP contribution in [0, 0.1) is 10.1 Å². The standard InChI is InChI=1S/C17H18N4O5S/c1-25-13-5-3-11(4-6-13)9-18-17(27)20-19-10-12-7-14(21(23)24)16(22)15(8-12)26-2/h3-8,10,22H,9H2,1-2H3,(H2,18,20,27)/b19-10-. The summed E-state index contributed by atoms with van der Waals surface area (Å²) in [6, 6.07) is 10.1. The van der Waals surface area contributed by atoms with Crippen LogP contribution in [-0.2, 0) is 6.54 Å². The summed E-state index contributed by atoms with van der Waals surface area (Å²) in [5.74, 6) is 0.206. The van der Waals surface area contributed by atoms with E-state index in [9.17, 15) is 15.2 Å². The van der Waals surface area contributed by atoms with Crippen LogP contribution in [-0.4, -0.2) is 35.6 Å². The fourth-order valence-electron chi connectivity index (χ4n) is 2.11. The van der Waals surface area contributed by atoms with Crippen LogP contribution in [0.25, 0.3) is 0 Å². The quantitative estimate of drug-likeness (QED) is 0.285. The van der Waals surface area contributed by atoms with Crippen molar-refractivity contribution in [2.24, 2.45) is 5.10 Å². The van der Waals surface area contributed by atoms with Crippen molar-refractivity contribution in [3.8, 4) is 17.2 Å². The molecule has 142 valence electrons. The van der Waals surface area contributed by atoms with Crippen LogP contribution >= 0.6 is 12.2 Å². The number of nitrogens with one attached hydrogen (secondary N) is 2. The molecule has 0 aliphatic carbocycles. The number of aromatic hydroxyl groups is 1. The van der Waals surface area contributed by atoms with Gasteiger partial charge in [-0.25, -0.2) is 0 Å². The van der Waals surface area contributed by atoms with Crippen molar-refractivity contribution in [2.45, 2.75) is 6.54 Å². The topological polar surface area (TPSA) is 118 Å². The molecule has 0 atom stereocenters. The third-order valence-electron chi connectivity index (χ3n) is 3.49. The molecular formula is C17H18N4O5S. The van der Waals surface area contributed by atoms with Crippen molar-refractivity contribution >= 4 is 29.2 Å². The minimum atomic E-state index is -0.705. The van der Waals surface area contributed by atoms with E-state index >= 15 is 0 Å². The number of thiocarbonyl (C=S) groups is 1. The zero-order valence-corrected chi connectivity index (χ0v) is 15.4. The van der Waals surface area contributed by atoms with E-state index in [4.69, 9.17) is 21.7 Å². The minimum absolute atomic E-state index is 0.0224. The van der Waals surface area contributed by atoms with Gasteiger partial charge in [0.15, 0.2) is 10.9 Å². The van der Waals surface area contributed by atoms with Crippen molar-refractivity contribution < 1.29 is 19.5 Å². The van der Waals surface area contributed by atoms with E-state index in [-0.39, 0.29) is 10.9 Å². The number of hydrazone groups is 1. The number of methoxy groups -OCH3 is 2. The first-order valence-corrected chi connectivity index (χ1v) is 8.10. The van der Waals surface area contributed by atoms with Gasteiger partial charge in [-0.15, -0.1) is 0 Å². The molecule has 3 N–H and O–H groups in total. The second kappa shape index (κ2) is 9.34. The number of nitro benzene ring substituents is 1. The Morgan fingerprint density at radius 2 is 2.00 bits per heavy atom. The first kappa shape index (κ1) is 19.9. The molecule has 0 aliphatic rings. The second-order valence-corrected chi connectivity index (χ2v) is 5.66. The highest BCUT2D eigenvalue weighted by atomic mass is 32.1. The Labute approximate surface area is 160 Å². The third-order valence-corrected chi connectivity index (χ3v) is 3.72. The summed E-state index contributed by atoms with van der Waals surface area (Å²) in [7, 11) is 2.90. The van der Waals surface area contributed by atoms with E-state index < -0.39 is 16.4 Å². The SMILES string of the molecule is COc1ccc(CNC(=S)N/N=C\c2cc(OC)c(O)c([N+](=O)[O-])c2)cc1. The van der Waals surface area contributed by atoms with Gasteiger partial charge in [-0.1, -0.05) is 12.1 Å². The average Bonchev–Trinajstić information content (AvgIpc) is 2.67. The number of rotatable bonds is 7. The number of nitrogens with zero attached hydrogens (tertiary/aromatic N) is 2. The Morgan fingerprint density at radius 3 is 2.59 bits per heavy atom. The lowest BCUT2D eigenvalue weighted by molar-refractivity contribution is -0.386. The van der Waals surface area contributed by atoms with Gasteiger partial charge in [0.1, 0.15) is 5.75 Å². The molecule has 0 amide bonds. The molecule has 27 heavy (non-hydrogen) atoms. The van der Waals surface area contributed by atoms with Gasteiger partial charge < -0.3 is 19.9 Å². The predicted molar refractivity (Wildman–Crippen MR) is 104 cm³/mol. The molecule has 0 radical (unpaired) electrons. The van der Waals surface area contributed by atoms with Crippen molar-refractivity contribution in [1.82, 2.24) is 10.7 Å². The molecule has 10 heteroatoms. The average molecular weight is 390 g/mol. The van der Waals surface area contributed by atoms with Crippen molar-refractivity contribution in [1.29, 1.82) is 0 Å². The molecule has 0 saturated heterocycles. The van der Waals surface area contributed by atoms with E-state index in [1.807, 2.05) is 24.3 Å². The molecule has 2 aromatic rings. The fourth-order valence-corrected chi connectivity index (χ4v) is 2.24. The lowest BCUT2D eigenvalue weighted by Crippen LogP contribution is -2.31. The molecule has 0 aromatic heterocycles. The van der Waals surface area contributed by atoms with Crippen LogP contribution in [0.3, 0.4) is 0 Å². The molecule has 0 saturated carbocycles. The zero-order chi connectivity index (χ0) is 19.8. The number of phenols is 1. The van der Waals surface area contributed by atoms with Gasteiger partial charge in [0.05, 0.1) is 25.4 Å². The number of hydrogen-bond acceptors (Lipinski definition) is 7. The maximum absolute atomic E-state index is 11.0. The van der Waals surface area contributed by atoms with Gasteiger partial charge in [0.25, 0.3) is 0 Å². The highest BCUT2D eigenvalue weighted by molar-refractivity contribution is 7.80. The predicted octanol–water partition coefficient (Wildman–Crippen LogP) is 2.32. The third kappa shape index (κ3) is 5.54. The molecule has 9 nitrogen and oxygen atoms in total. The van der Waals surface area contributed by atoms with Crippen LogP contribution in [0.15, 0.2) is 41.5 Å². The van der Waals surface area contributed by atoms with Crippen LogP contribution in [0.4, 0.5) is 5.69 Å². The molecular weight excluding hydrogens is 372 g/mol. The molecule has 0 heterocycles. The number of nitro groups is 1. The summed E-state index contributed by atoms with van der Waals surface area (Å²) in [5.41, 5.74) is 3.51. The molecule has 2 rings (SSSR count). The summed E-state index contributed by atoms with van der Waals surface area (Å²) in [6.45, 7) is 0.490. The van der Waals surface area contributed by atoms with Crippen molar-refractivity contribution in [3.63, 3.8) is 0 Å². The van der Waals surface area contributed by atoms with E-state index in [0.717, 1.165) is 11.3 Å². The Bertz CT molecular complexity index is 855. The first-order chi connectivity index (χ1) is 12.9. The van der Waals surface area contributed by atoms with Gasteiger partial charge in [0.2, 0.25) is 5.75 Å². The van der Waals surface area contributed by atoms with Gasteiger partial charge in [-0.3, -0.25) is 15.5 Å². The van der Waals surface area contributed by atoms with Gasteiger partial charge >= 0.3 is 5.69 Å². The Hall–Kier alpha value is -3.40. The molecule has 0 spiro atoms. The fraction of sp³-hybridized carbons (Fsp3) is 0.176. The molecule has 0 unspecified atom stereocenters. The highest BCUT2D eigenvalue weighted by Gasteiger charge is 2.19. The van der Waals surface area contributed by atoms with Crippen LogP contribution in [0.1, 0.15) is 11.1 Å². The zero-order valence-electron chi connectivity index (χ0n) is 14.6. The van der Waals surface area contributed by atoms with Crippen LogP contribution < -0.4 is 20.2 Å². The molecule has 0 fully saturated rings. The minimum Gasteiger partial charge on any atom is -0.500 e. The van der Waals surface area contributed by atoms with E-state index in [1.54, 1.807) is 7.11 Å². The van der Waals surface area contributed by atoms with E-state index in [1.165, 1.54) is 25.5 Å². The Balaban J connectivity index is 1.94. The van der Waals surface area contributed by atoms with Crippen LogP contribution in [0.2, 0.25) is 0 Å². The molecule has 0 bridgehead atoms. The number of phenolic OH excluding ortho intramolecular Hbond substituents is 1. The number of benzene rings is 2. The summed E-state index contributed by atoms with van der Waals surface area (Å²) < 4.78 is 10.0. The largest absolute Gasteiger partial charge is 0.500 e. The van der Waals surface area contributed by atoms with Crippen molar-refractivity contribution in [2.75, 3.05) is 14.2 Å². The van der Waals surface area contributed by atoms with Crippen LogP contribution in [0.5, 0.6) is 17.2 Å². The van der Waals surface area contributed by atoms with Gasteiger partial charge in [-0.2, -0.15) is 5.10 Å². The summed E-state index contributed by atoms with van der Waals surface area (Å²) in [6.07, 6.45) is 1.33. The summed E-state index contributed by atoms with van der Waals surface area (Å²) in [4.78, 5) is 10.3. The molecule has 2 aromatic carbocycles. The second-order valence-electron chi connectivity index (χ2n) is 5.25. The monoisotopic (exact) mass is 390 g/mol. The van der Waals surface area contributed by atoms with Crippen molar-refractivity contribution in [3.05, 3.63) is 57.6 Å². The first-order valence-electron chi connectivity index (χ1n) is 7.69. The van der Waals surface area contributed by atoms with E-state index in [2.05, 4.69) is 15.8 Å². The Morgan fingerprint density at radius 1 is 1.30 bits per heavy atom. The highest BCUT2D eigenvalue weighted by Crippen LogP contribution is 2.36. The van der Waals surface area contributed by atoms with E-state index in [0.29, 0.717) is 12.1 Å². The van der Waals surface area contributed by atoms with Gasteiger partial charge in [0, 0.05) is 18.2 Å². The lowest BCUT2D eigenvalue weighted by Gasteiger charge is -2.08. The number of hydrogen-bond donors (Lipinski definition) is 3. The normalized spacial score (nSPS) is 10.4.